The van der Waals surface area contributed by atoms with Gasteiger partial charge in [-0.3, -0.25) is 9.59 Å². The number of carbonyl (C=O) groups excluding carboxylic acids is 2. The molecule has 0 aliphatic rings. The molecule has 1 heterocycles. The Bertz CT molecular complexity index is 1090. The highest BCUT2D eigenvalue weighted by atomic mass is 32.2. The third-order valence-electron chi connectivity index (χ3n) is 4.73. The number of anilines is 1. The van der Waals surface area contributed by atoms with Crippen LogP contribution in [0.2, 0.25) is 0 Å². The first-order valence-electron chi connectivity index (χ1n) is 9.97. The summed E-state index contributed by atoms with van der Waals surface area (Å²) < 4.78 is 11.8. The lowest BCUT2D eigenvalue weighted by molar-refractivity contribution is -0.113. The molecule has 3 N–H and O–H groups in total. The summed E-state index contributed by atoms with van der Waals surface area (Å²) in [5, 5.41) is 24.0. The van der Waals surface area contributed by atoms with Crippen molar-refractivity contribution in [3.8, 4) is 11.5 Å². The largest absolute Gasteiger partial charge is 0.497 e. The van der Waals surface area contributed by atoms with Crippen molar-refractivity contribution in [2.24, 2.45) is 7.05 Å². The number of nitrogens with one attached hydrogen (secondary N) is 2. The minimum absolute atomic E-state index is 0.111. The van der Waals surface area contributed by atoms with Crippen LogP contribution in [0.15, 0.2) is 53.7 Å². The molecule has 11 heteroatoms. The van der Waals surface area contributed by atoms with Crippen LogP contribution in [-0.2, 0) is 11.8 Å². The van der Waals surface area contributed by atoms with E-state index >= 15 is 0 Å². The molecule has 33 heavy (non-hydrogen) atoms. The van der Waals surface area contributed by atoms with Gasteiger partial charge >= 0.3 is 0 Å². The number of aliphatic hydroxyl groups excluding tert-OH is 1. The molecule has 0 spiro atoms. The number of rotatable bonds is 10. The molecule has 174 valence electrons. The van der Waals surface area contributed by atoms with Gasteiger partial charge in [0.2, 0.25) is 5.91 Å². The minimum Gasteiger partial charge on any atom is -0.497 e. The molecule has 1 atom stereocenters. The van der Waals surface area contributed by atoms with Gasteiger partial charge in [-0.25, -0.2) is 0 Å². The predicted molar refractivity (Wildman–Crippen MR) is 124 cm³/mol. The maximum Gasteiger partial charge on any atom is 0.251 e. The maximum atomic E-state index is 12.5. The summed E-state index contributed by atoms with van der Waals surface area (Å²) in [5.41, 5.74) is 1.07. The first-order chi connectivity index (χ1) is 15.9. The molecule has 2 aromatic carbocycles. The minimum atomic E-state index is -0.764. The van der Waals surface area contributed by atoms with Crippen molar-refractivity contribution in [2.45, 2.75) is 11.2 Å². The smallest absolute Gasteiger partial charge is 0.251 e. The molecule has 0 aliphatic carbocycles. The Morgan fingerprint density at radius 2 is 1.64 bits per heavy atom. The van der Waals surface area contributed by atoms with Gasteiger partial charge in [0.1, 0.15) is 17.5 Å². The van der Waals surface area contributed by atoms with Crippen molar-refractivity contribution in [1.29, 1.82) is 0 Å². The summed E-state index contributed by atoms with van der Waals surface area (Å²) in [5.74, 6) is 1.24. The Labute approximate surface area is 195 Å². The Kier molecular flexibility index (Phi) is 8.28. The highest BCUT2D eigenvalue weighted by Crippen LogP contribution is 2.21. The number of methoxy groups -OCH3 is 2. The van der Waals surface area contributed by atoms with Crippen LogP contribution in [0.25, 0.3) is 0 Å². The molecule has 0 bridgehead atoms. The van der Waals surface area contributed by atoms with Crippen molar-refractivity contribution >= 4 is 29.3 Å². The van der Waals surface area contributed by atoms with Crippen LogP contribution in [0.5, 0.6) is 11.5 Å². The highest BCUT2D eigenvalue weighted by molar-refractivity contribution is 7.99. The summed E-state index contributed by atoms with van der Waals surface area (Å²) in [6.07, 6.45) is 0. The number of aromatic nitrogens is 3. The van der Waals surface area contributed by atoms with Gasteiger partial charge in [0.05, 0.1) is 26.6 Å². The van der Waals surface area contributed by atoms with Crippen LogP contribution in [0, 0.1) is 0 Å². The molecule has 0 radical (unpaired) electrons. The van der Waals surface area contributed by atoms with E-state index in [2.05, 4.69) is 20.8 Å². The van der Waals surface area contributed by atoms with Crippen LogP contribution in [-0.4, -0.2) is 58.3 Å². The normalized spacial score (nSPS) is 11.5. The molecular weight excluding hydrogens is 446 g/mol. The van der Waals surface area contributed by atoms with E-state index in [-0.39, 0.29) is 24.2 Å². The van der Waals surface area contributed by atoms with Crippen molar-refractivity contribution in [3.63, 3.8) is 0 Å². The molecule has 0 unspecified atom stereocenters. The predicted octanol–water partition coefficient (Wildman–Crippen LogP) is 2.03. The topological polar surface area (TPSA) is 128 Å². The third kappa shape index (κ3) is 6.24. The average Bonchev–Trinajstić information content (AvgIpc) is 3.21. The first-order valence-corrected chi connectivity index (χ1v) is 11.0. The Balaban J connectivity index is 1.59. The summed E-state index contributed by atoms with van der Waals surface area (Å²) in [6.45, 7) is -0.365. The van der Waals surface area contributed by atoms with Crippen molar-refractivity contribution in [1.82, 2.24) is 20.1 Å². The second-order valence-electron chi connectivity index (χ2n) is 6.90. The molecule has 10 nitrogen and oxygen atoms in total. The molecule has 2 amide bonds. The van der Waals surface area contributed by atoms with Crippen LogP contribution in [0.4, 0.5) is 5.69 Å². The fourth-order valence-electron chi connectivity index (χ4n) is 2.93. The van der Waals surface area contributed by atoms with Crippen LogP contribution in [0.1, 0.15) is 22.2 Å². The SMILES string of the molecule is COc1ccc(NC(=O)CSc2nnc([C@@H](CO)NC(=O)c3ccc(OC)cc3)n2C)cc1. The van der Waals surface area contributed by atoms with Gasteiger partial charge in [-0.1, -0.05) is 11.8 Å². The molecular formula is C22H25N5O5S. The summed E-state index contributed by atoms with van der Waals surface area (Å²) in [7, 11) is 4.83. The fourth-order valence-corrected chi connectivity index (χ4v) is 3.65. The monoisotopic (exact) mass is 471 g/mol. The van der Waals surface area contributed by atoms with Crippen molar-refractivity contribution < 1.29 is 24.2 Å². The van der Waals surface area contributed by atoms with E-state index in [0.29, 0.717) is 33.7 Å². The van der Waals surface area contributed by atoms with Gasteiger partial charge in [0, 0.05) is 18.3 Å². The van der Waals surface area contributed by atoms with Crippen molar-refractivity contribution in [3.05, 3.63) is 59.9 Å². The maximum absolute atomic E-state index is 12.5. The average molecular weight is 472 g/mol. The van der Waals surface area contributed by atoms with Gasteiger partial charge in [0.25, 0.3) is 5.91 Å². The van der Waals surface area contributed by atoms with E-state index in [1.54, 1.807) is 74.4 Å². The third-order valence-corrected chi connectivity index (χ3v) is 5.75. The van der Waals surface area contributed by atoms with E-state index in [1.807, 2.05) is 0 Å². The lowest BCUT2D eigenvalue weighted by Crippen LogP contribution is -2.32. The van der Waals surface area contributed by atoms with Crippen LogP contribution >= 0.6 is 11.8 Å². The zero-order chi connectivity index (χ0) is 23.8. The fraction of sp³-hybridized carbons (Fsp3) is 0.273. The molecule has 3 rings (SSSR count). The van der Waals surface area contributed by atoms with E-state index in [0.717, 1.165) is 0 Å². The lowest BCUT2D eigenvalue weighted by Gasteiger charge is -2.16. The summed E-state index contributed by atoms with van der Waals surface area (Å²) >= 11 is 1.19. The number of benzene rings is 2. The van der Waals surface area contributed by atoms with Crippen LogP contribution in [0.3, 0.4) is 0 Å². The molecule has 3 aromatic rings. The van der Waals surface area contributed by atoms with Crippen molar-refractivity contribution in [2.75, 3.05) is 31.9 Å². The zero-order valence-electron chi connectivity index (χ0n) is 18.4. The van der Waals surface area contributed by atoms with E-state index in [9.17, 15) is 14.7 Å². The van der Waals surface area contributed by atoms with Gasteiger partial charge in [-0.05, 0) is 48.5 Å². The number of hydrogen-bond donors (Lipinski definition) is 3. The standard InChI is InChI=1S/C22H25N5O5S/c1-27-20(18(12-28)24-21(30)14-4-8-16(31-2)9-5-14)25-26-22(27)33-13-19(29)23-15-6-10-17(32-3)11-7-15/h4-11,18,28H,12-13H2,1-3H3,(H,23,29)(H,24,30)/t18-/m1/s1. The Morgan fingerprint density at radius 3 is 2.21 bits per heavy atom. The number of carbonyl (C=O) groups is 2. The number of hydrogen-bond acceptors (Lipinski definition) is 8. The van der Waals surface area contributed by atoms with Crippen LogP contribution < -0.4 is 20.1 Å². The molecule has 0 aliphatic heterocycles. The van der Waals surface area contributed by atoms with E-state index in [1.165, 1.54) is 11.8 Å². The number of nitrogens with zero attached hydrogens (tertiary/aromatic N) is 3. The number of ether oxygens (including phenoxy) is 2. The van der Waals surface area contributed by atoms with Gasteiger partial charge in [-0.15, -0.1) is 10.2 Å². The van der Waals surface area contributed by atoms with Gasteiger partial charge in [-0.2, -0.15) is 0 Å². The quantitative estimate of drug-likeness (QED) is 0.383. The number of thioether (sulfide) groups is 1. The number of amides is 2. The van der Waals surface area contributed by atoms with E-state index in [4.69, 9.17) is 9.47 Å². The highest BCUT2D eigenvalue weighted by Gasteiger charge is 2.22. The Hall–Kier alpha value is -3.57. The second kappa shape index (κ2) is 11.3. The zero-order valence-corrected chi connectivity index (χ0v) is 19.3. The molecule has 0 fully saturated rings. The summed E-state index contributed by atoms with van der Waals surface area (Å²) in [4.78, 5) is 24.8. The van der Waals surface area contributed by atoms with E-state index < -0.39 is 6.04 Å². The Morgan fingerprint density at radius 1 is 1.03 bits per heavy atom. The van der Waals surface area contributed by atoms with Gasteiger partial charge in [0.15, 0.2) is 11.0 Å². The number of aliphatic hydroxyl groups is 1. The molecule has 0 saturated carbocycles. The second-order valence-corrected chi connectivity index (χ2v) is 7.84. The van der Waals surface area contributed by atoms with Gasteiger partial charge < -0.3 is 29.8 Å². The molecule has 0 saturated heterocycles. The first kappa shape index (κ1) is 24.1. The lowest BCUT2D eigenvalue weighted by atomic mass is 10.2. The molecule has 1 aromatic heterocycles. The summed E-state index contributed by atoms with van der Waals surface area (Å²) in [6, 6.07) is 12.9.